The van der Waals surface area contributed by atoms with Crippen LogP contribution in [0.1, 0.15) is 43.5 Å². The first kappa shape index (κ1) is 29.0. The maximum atomic E-state index is 13.1. The van der Waals surface area contributed by atoms with E-state index in [9.17, 15) is 13.6 Å². The molecule has 0 amide bonds. The molecule has 0 atom stereocenters. The summed E-state index contributed by atoms with van der Waals surface area (Å²) in [5.74, 6) is 2.62. The number of halogens is 2. The van der Waals surface area contributed by atoms with Gasteiger partial charge in [-0.1, -0.05) is 18.1 Å². The Bertz CT molecular complexity index is 1650. The number of nitrogens with one attached hydrogen (secondary N) is 1. The highest BCUT2D eigenvalue weighted by Crippen LogP contribution is 2.38. The quantitative estimate of drug-likeness (QED) is 0.265. The molecule has 0 unspecified atom stereocenters. The summed E-state index contributed by atoms with van der Waals surface area (Å²) in [5.41, 5.74) is 3.22. The molecule has 4 aromatic rings. The molecular formula is C30H31F2N5O5. The zero-order valence-electron chi connectivity index (χ0n) is 22.9. The van der Waals surface area contributed by atoms with Crippen LogP contribution in [0.5, 0.6) is 0 Å². The van der Waals surface area contributed by atoms with Crippen molar-refractivity contribution in [3.63, 3.8) is 0 Å². The largest absolute Gasteiger partial charge is 0.483 e. The Morgan fingerprint density at radius 3 is 2.50 bits per heavy atom. The van der Waals surface area contributed by atoms with Crippen molar-refractivity contribution in [1.29, 1.82) is 0 Å². The van der Waals surface area contributed by atoms with Gasteiger partial charge in [0.15, 0.2) is 17.2 Å². The molecule has 1 spiro atoms. The number of nitrogens with zero attached hydrogens (tertiary/aromatic N) is 4. The molecule has 3 saturated heterocycles. The fraction of sp³-hybridized carbons (Fsp3) is 0.400. The first-order chi connectivity index (χ1) is 20.4. The monoisotopic (exact) mass is 579 g/mol. The van der Waals surface area contributed by atoms with E-state index in [4.69, 9.17) is 25.5 Å². The van der Waals surface area contributed by atoms with E-state index in [1.54, 1.807) is 12.3 Å². The predicted octanol–water partition coefficient (Wildman–Crippen LogP) is 4.59. The fourth-order valence-electron chi connectivity index (χ4n) is 5.66. The topological polar surface area (TPSA) is 125 Å². The van der Waals surface area contributed by atoms with Crippen LogP contribution >= 0.6 is 0 Å². The van der Waals surface area contributed by atoms with Crippen LogP contribution in [0.4, 0.5) is 20.3 Å². The van der Waals surface area contributed by atoms with E-state index < -0.39 is 12.2 Å². The second kappa shape index (κ2) is 12.6. The molecule has 0 saturated carbocycles. The summed E-state index contributed by atoms with van der Waals surface area (Å²) < 4.78 is 37.3. The first-order valence-corrected chi connectivity index (χ1v) is 13.7. The number of carbonyl (C=O) groups is 1. The number of hydrogen-bond acceptors (Lipinski definition) is 8. The number of rotatable bonds is 3. The minimum Gasteiger partial charge on any atom is -0.483 e. The third-order valence-corrected chi connectivity index (χ3v) is 7.69. The van der Waals surface area contributed by atoms with Crippen molar-refractivity contribution < 1.29 is 27.8 Å². The van der Waals surface area contributed by atoms with Gasteiger partial charge in [-0.05, 0) is 43.9 Å². The lowest BCUT2D eigenvalue weighted by molar-refractivity contribution is -0.122. The molecule has 0 bridgehead atoms. The normalized spacial score (nSPS) is 17.3. The number of furan rings is 1. The van der Waals surface area contributed by atoms with Crippen LogP contribution in [0, 0.1) is 17.8 Å². The summed E-state index contributed by atoms with van der Waals surface area (Å²) >= 11 is 0. The average Bonchev–Trinajstić information content (AvgIpc) is 3.65. The summed E-state index contributed by atoms with van der Waals surface area (Å²) in [6, 6.07) is 9.14. The lowest BCUT2D eigenvalue weighted by Gasteiger charge is -2.48. The van der Waals surface area contributed by atoms with Crippen LogP contribution in [0.25, 0.3) is 22.1 Å². The number of carboxylic acid groups (broad SMARTS) is 1. The molecule has 10 nitrogen and oxygen atoms in total. The lowest BCUT2D eigenvalue weighted by atomic mass is 9.78. The maximum absolute atomic E-state index is 13.1. The molecule has 0 aliphatic carbocycles. The number of ether oxygens (including phenoxy) is 1. The Hall–Kier alpha value is -4.50. The summed E-state index contributed by atoms with van der Waals surface area (Å²) in [6.45, 7) is 4.81. The zero-order chi connectivity index (χ0) is 29.7. The summed E-state index contributed by atoms with van der Waals surface area (Å²) in [6.07, 6.45) is 8.64. The number of pyridine rings is 1. The van der Waals surface area contributed by atoms with Crippen molar-refractivity contribution in [1.82, 2.24) is 15.0 Å². The van der Waals surface area contributed by atoms with Gasteiger partial charge in [-0.25, -0.2) is 18.7 Å². The molecule has 3 fully saturated rings. The van der Waals surface area contributed by atoms with E-state index in [2.05, 4.69) is 25.8 Å². The van der Waals surface area contributed by atoms with E-state index in [-0.39, 0.29) is 17.4 Å². The molecule has 0 radical (unpaired) electrons. The number of para-hydroxylation sites is 1. The minimum atomic E-state index is -2.69. The van der Waals surface area contributed by atoms with E-state index >= 15 is 0 Å². The Morgan fingerprint density at radius 1 is 1.12 bits per heavy atom. The standard InChI is InChI=1S/C15H13F2N3O.C14H16N2O2.CH2O2/c16-13(17)14-18-11-9-5-1-2-6-10(9)21-12(11)15(19-14)20-7-3-4-8-20;1-2-11-6-12(13(17)15-7-11)16-5-3-4-14(8-16)9-18-10-14;2-1-3/h1-2,5-6,13H,3-4,7-8H2;1,6-7H,3-5,8-10H2,(H,15,17);1H,(H,2,3). The highest BCUT2D eigenvalue weighted by atomic mass is 19.3. The molecular weight excluding hydrogens is 548 g/mol. The van der Waals surface area contributed by atoms with Crippen LogP contribution < -0.4 is 15.4 Å². The van der Waals surface area contributed by atoms with Gasteiger partial charge in [-0.15, -0.1) is 6.42 Å². The van der Waals surface area contributed by atoms with E-state index in [1.165, 1.54) is 6.42 Å². The van der Waals surface area contributed by atoms with E-state index in [1.807, 2.05) is 29.2 Å². The molecule has 3 aliphatic rings. The van der Waals surface area contributed by atoms with Crippen LogP contribution in [-0.4, -0.2) is 65.9 Å². The van der Waals surface area contributed by atoms with Gasteiger partial charge in [0.25, 0.3) is 18.5 Å². The van der Waals surface area contributed by atoms with Crippen LogP contribution in [0.15, 0.2) is 45.7 Å². The van der Waals surface area contributed by atoms with Gasteiger partial charge in [0.05, 0.1) is 13.2 Å². The first-order valence-electron chi connectivity index (χ1n) is 13.7. The fourth-order valence-corrected chi connectivity index (χ4v) is 5.66. The molecule has 42 heavy (non-hydrogen) atoms. The molecule has 2 N–H and O–H groups in total. The Balaban J connectivity index is 0.000000155. The van der Waals surface area contributed by atoms with Crippen molar-refractivity contribution in [3.8, 4) is 12.3 Å². The van der Waals surface area contributed by atoms with Gasteiger partial charge >= 0.3 is 0 Å². The third-order valence-electron chi connectivity index (χ3n) is 7.69. The average molecular weight is 580 g/mol. The molecule has 3 aromatic heterocycles. The highest BCUT2D eigenvalue weighted by molar-refractivity contribution is 6.05. The third kappa shape index (κ3) is 5.92. The predicted molar refractivity (Wildman–Crippen MR) is 154 cm³/mol. The summed E-state index contributed by atoms with van der Waals surface area (Å²) in [7, 11) is 0. The Kier molecular flexibility index (Phi) is 8.68. The molecule has 7 rings (SSSR count). The van der Waals surface area contributed by atoms with Gasteiger partial charge in [-0.3, -0.25) is 9.59 Å². The summed E-state index contributed by atoms with van der Waals surface area (Å²) in [4.78, 5) is 35.2. The highest BCUT2D eigenvalue weighted by Gasteiger charge is 2.42. The van der Waals surface area contributed by atoms with Gasteiger partial charge in [0.2, 0.25) is 0 Å². The van der Waals surface area contributed by atoms with Gasteiger partial charge in [-0.2, -0.15) is 0 Å². The molecule has 6 heterocycles. The molecule has 220 valence electrons. The minimum absolute atomic E-state index is 0.0636. The van der Waals surface area contributed by atoms with Crippen molar-refractivity contribution in [3.05, 3.63) is 58.3 Å². The Morgan fingerprint density at radius 2 is 1.83 bits per heavy atom. The number of terminal acetylenes is 1. The van der Waals surface area contributed by atoms with Crippen molar-refractivity contribution in [2.75, 3.05) is 49.2 Å². The number of anilines is 2. The Labute approximate surface area is 240 Å². The molecule has 12 heteroatoms. The number of piperidine rings is 1. The zero-order valence-corrected chi connectivity index (χ0v) is 22.9. The van der Waals surface area contributed by atoms with Crippen LogP contribution in [0.3, 0.4) is 0 Å². The SMILES string of the molecule is C#Cc1c[nH]c(=O)c(N2CCCC3(COC3)C2)c1.FC(F)c1nc(N2CCCC2)c2oc3ccccc3c2n1.O=CO. The number of aromatic amines is 1. The second-order valence-electron chi connectivity index (χ2n) is 10.5. The van der Waals surface area contributed by atoms with Gasteiger partial charge < -0.3 is 29.0 Å². The number of hydrogen-bond donors (Lipinski definition) is 2. The van der Waals surface area contributed by atoms with Crippen LogP contribution in [0.2, 0.25) is 0 Å². The number of aromatic nitrogens is 3. The number of benzene rings is 1. The molecule has 3 aliphatic heterocycles. The molecule has 1 aromatic carbocycles. The maximum Gasteiger partial charge on any atom is 0.297 e. The van der Waals surface area contributed by atoms with Crippen molar-refractivity contribution >= 4 is 40.0 Å². The number of alkyl halides is 2. The van der Waals surface area contributed by atoms with E-state index in [0.29, 0.717) is 33.8 Å². The number of fused-ring (bicyclic) bond motifs is 3. The van der Waals surface area contributed by atoms with Crippen molar-refractivity contribution in [2.24, 2.45) is 5.41 Å². The second-order valence-corrected chi connectivity index (χ2v) is 10.5. The summed E-state index contributed by atoms with van der Waals surface area (Å²) in [5, 5.41) is 7.64. The smallest absolute Gasteiger partial charge is 0.297 e. The van der Waals surface area contributed by atoms with Crippen molar-refractivity contribution in [2.45, 2.75) is 32.1 Å². The van der Waals surface area contributed by atoms with E-state index in [0.717, 1.165) is 64.0 Å². The van der Waals surface area contributed by atoms with Gasteiger partial charge in [0, 0.05) is 48.7 Å². The van der Waals surface area contributed by atoms with Crippen LogP contribution in [-0.2, 0) is 9.53 Å². The number of H-pyrrole nitrogens is 1. The van der Waals surface area contributed by atoms with Gasteiger partial charge in [0.1, 0.15) is 16.8 Å². The lowest BCUT2D eigenvalue weighted by Crippen LogP contribution is -2.55.